The van der Waals surface area contributed by atoms with Crippen LogP contribution in [0.1, 0.15) is 39.2 Å². The number of aliphatic carboxylic acids is 1. The van der Waals surface area contributed by atoms with Crippen molar-refractivity contribution in [2.45, 2.75) is 46.1 Å². The molecule has 0 spiro atoms. The quantitative estimate of drug-likeness (QED) is 0.851. The zero-order valence-electron chi connectivity index (χ0n) is 13.9. The van der Waals surface area contributed by atoms with Crippen LogP contribution in [0, 0.1) is 11.8 Å². The highest BCUT2D eigenvalue weighted by Crippen LogP contribution is 2.39. The van der Waals surface area contributed by atoms with Crippen LogP contribution in [0.4, 0.5) is 5.69 Å². The molecule has 3 atom stereocenters. The number of fused-ring (bicyclic) bond motifs is 1. The van der Waals surface area contributed by atoms with Crippen molar-refractivity contribution in [3.63, 3.8) is 0 Å². The van der Waals surface area contributed by atoms with Gasteiger partial charge in [-0.25, -0.2) is 0 Å². The molecule has 0 fully saturated rings. The maximum absolute atomic E-state index is 13.2. The summed E-state index contributed by atoms with van der Waals surface area (Å²) in [7, 11) is 0. The van der Waals surface area contributed by atoms with Gasteiger partial charge in [-0.15, -0.1) is 0 Å². The number of amides is 1. The van der Waals surface area contributed by atoms with Crippen molar-refractivity contribution >= 4 is 17.6 Å². The maximum atomic E-state index is 13.2. The van der Waals surface area contributed by atoms with E-state index in [1.807, 2.05) is 49.9 Å². The lowest BCUT2D eigenvalue weighted by Crippen LogP contribution is -2.45. The number of carboxylic acids is 1. The molecule has 1 aromatic rings. The molecule has 1 aromatic carbocycles. The molecule has 1 amide bonds. The first-order valence-electron chi connectivity index (χ1n) is 8.19. The van der Waals surface area contributed by atoms with Gasteiger partial charge in [0.05, 0.1) is 11.8 Å². The third kappa shape index (κ3) is 2.67. The van der Waals surface area contributed by atoms with E-state index in [0.29, 0.717) is 12.8 Å². The zero-order chi connectivity index (χ0) is 16.7. The van der Waals surface area contributed by atoms with Gasteiger partial charge in [0.25, 0.3) is 0 Å². The number of allylic oxidation sites excluding steroid dienone is 2. The summed E-state index contributed by atoms with van der Waals surface area (Å²) < 4.78 is 0. The Hall–Kier alpha value is -2.10. The van der Waals surface area contributed by atoms with Gasteiger partial charge in [0.2, 0.25) is 5.91 Å². The second kappa shape index (κ2) is 5.84. The van der Waals surface area contributed by atoms with Crippen LogP contribution in [-0.2, 0) is 16.0 Å². The largest absolute Gasteiger partial charge is 0.481 e. The molecule has 4 heteroatoms. The molecule has 23 heavy (non-hydrogen) atoms. The van der Waals surface area contributed by atoms with Crippen molar-refractivity contribution in [1.82, 2.24) is 0 Å². The minimum atomic E-state index is -0.865. The van der Waals surface area contributed by atoms with E-state index in [1.54, 1.807) is 0 Å². The van der Waals surface area contributed by atoms with Crippen LogP contribution in [0.15, 0.2) is 35.4 Å². The molecule has 0 unspecified atom stereocenters. The van der Waals surface area contributed by atoms with Crippen LogP contribution in [0.2, 0.25) is 0 Å². The Kier molecular flexibility index (Phi) is 4.00. The molecule has 0 saturated carbocycles. The Bertz CT molecular complexity index is 692. The first-order chi connectivity index (χ1) is 10.9. The highest BCUT2D eigenvalue weighted by molar-refractivity contribution is 5.99. The van der Waals surface area contributed by atoms with Gasteiger partial charge in [0, 0.05) is 11.7 Å². The van der Waals surface area contributed by atoms with E-state index in [4.69, 9.17) is 0 Å². The second-order valence-corrected chi connectivity index (χ2v) is 6.91. The lowest BCUT2D eigenvalue weighted by molar-refractivity contribution is -0.147. The summed E-state index contributed by atoms with van der Waals surface area (Å²) in [5.41, 5.74) is 4.37. The van der Waals surface area contributed by atoms with E-state index in [0.717, 1.165) is 23.3 Å². The van der Waals surface area contributed by atoms with Gasteiger partial charge in [0.1, 0.15) is 0 Å². The molecular weight excluding hydrogens is 290 g/mol. The first-order valence-corrected chi connectivity index (χ1v) is 8.19. The number of benzene rings is 1. The highest BCUT2D eigenvalue weighted by Gasteiger charge is 2.42. The minimum Gasteiger partial charge on any atom is -0.481 e. The molecule has 1 heterocycles. The molecule has 122 valence electrons. The molecule has 0 saturated heterocycles. The number of hydrogen-bond acceptors (Lipinski definition) is 2. The predicted octanol–water partition coefficient (Wildman–Crippen LogP) is 3.41. The lowest BCUT2D eigenvalue weighted by Gasteiger charge is -2.34. The van der Waals surface area contributed by atoms with Gasteiger partial charge in [0.15, 0.2) is 0 Å². The number of carbonyl (C=O) groups is 2. The zero-order valence-corrected chi connectivity index (χ0v) is 13.9. The average molecular weight is 313 g/mol. The molecule has 0 radical (unpaired) electrons. The summed E-state index contributed by atoms with van der Waals surface area (Å²) in [6, 6.07) is 8.01. The smallest absolute Gasteiger partial charge is 0.307 e. The number of nitrogens with zero attached hydrogens (tertiary/aromatic N) is 1. The van der Waals surface area contributed by atoms with E-state index < -0.39 is 17.8 Å². The third-order valence-electron chi connectivity index (χ3n) is 5.35. The van der Waals surface area contributed by atoms with Gasteiger partial charge in [-0.05, 0) is 51.7 Å². The fraction of sp³-hybridized carbons (Fsp3) is 0.474. The summed E-state index contributed by atoms with van der Waals surface area (Å²) in [6.07, 6.45) is 1.86. The topological polar surface area (TPSA) is 57.6 Å². The van der Waals surface area contributed by atoms with Crippen molar-refractivity contribution in [2.75, 3.05) is 4.90 Å². The van der Waals surface area contributed by atoms with Crippen molar-refractivity contribution in [1.29, 1.82) is 0 Å². The number of carbonyl (C=O) groups excluding carboxylic acids is 1. The molecule has 0 bridgehead atoms. The Morgan fingerprint density at radius 3 is 2.30 bits per heavy atom. The molecule has 2 aliphatic rings. The van der Waals surface area contributed by atoms with Crippen molar-refractivity contribution in [2.24, 2.45) is 11.8 Å². The number of rotatable bonds is 2. The Labute approximate surface area is 136 Å². The molecule has 1 aliphatic carbocycles. The van der Waals surface area contributed by atoms with Gasteiger partial charge >= 0.3 is 5.97 Å². The Balaban J connectivity index is 1.94. The van der Waals surface area contributed by atoms with Gasteiger partial charge in [-0.3, -0.25) is 9.59 Å². The van der Waals surface area contributed by atoms with Crippen molar-refractivity contribution in [3.8, 4) is 0 Å². The third-order valence-corrected chi connectivity index (χ3v) is 5.35. The Morgan fingerprint density at radius 1 is 1.04 bits per heavy atom. The summed E-state index contributed by atoms with van der Waals surface area (Å²) in [4.78, 5) is 26.7. The fourth-order valence-electron chi connectivity index (χ4n) is 3.89. The van der Waals surface area contributed by atoms with Crippen molar-refractivity contribution in [3.05, 3.63) is 41.0 Å². The first kappa shape index (κ1) is 15.8. The van der Waals surface area contributed by atoms with E-state index in [-0.39, 0.29) is 11.9 Å². The monoisotopic (exact) mass is 313 g/mol. The van der Waals surface area contributed by atoms with Crippen molar-refractivity contribution < 1.29 is 14.7 Å². The number of para-hydroxylation sites is 1. The minimum absolute atomic E-state index is 0.0401. The van der Waals surface area contributed by atoms with Crippen LogP contribution in [0.3, 0.4) is 0 Å². The summed E-state index contributed by atoms with van der Waals surface area (Å²) in [5, 5.41) is 9.57. The van der Waals surface area contributed by atoms with E-state index in [9.17, 15) is 14.7 Å². The van der Waals surface area contributed by atoms with Crippen LogP contribution in [0.5, 0.6) is 0 Å². The van der Waals surface area contributed by atoms with Gasteiger partial charge in [-0.1, -0.05) is 29.3 Å². The van der Waals surface area contributed by atoms with Crippen LogP contribution < -0.4 is 4.90 Å². The summed E-state index contributed by atoms with van der Waals surface area (Å²) >= 11 is 0. The number of anilines is 1. The Morgan fingerprint density at radius 2 is 1.65 bits per heavy atom. The SMILES string of the molecule is CC1=C(C)C[C@@H](C(=O)O)[C@@H](C(=O)N2c3ccccc3C[C@H]2C)C1. The van der Waals surface area contributed by atoms with Crippen LogP contribution >= 0.6 is 0 Å². The second-order valence-electron chi connectivity index (χ2n) is 6.91. The predicted molar refractivity (Wildman–Crippen MR) is 89.3 cm³/mol. The summed E-state index contributed by atoms with van der Waals surface area (Å²) in [5.74, 6) is -1.99. The van der Waals surface area contributed by atoms with E-state index in [1.165, 1.54) is 5.56 Å². The normalized spacial score (nSPS) is 27.1. The van der Waals surface area contributed by atoms with Gasteiger partial charge < -0.3 is 10.0 Å². The average Bonchev–Trinajstić information content (AvgIpc) is 2.84. The standard InChI is InChI=1S/C19H23NO3/c1-11-8-15(16(19(22)23)9-12(11)2)18(21)20-13(3)10-14-6-4-5-7-17(14)20/h4-7,13,15-16H,8-10H2,1-3H3,(H,22,23)/t13-,15+,16-/m1/s1. The molecular formula is C19H23NO3. The number of hydrogen-bond donors (Lipinski definition) is 1. The van der Waals surface area contributed by atoms with E-state index >= 15 is 0 Å². The van der Waals surface area contributed by atoms with E-state index in [2.05, 4.69) is 0 Å². The van der Waals surface area contributed by atoms with Gasteiger partial charge in [-0.2, -0.15) is 0 Å². The summed E-state index contributed by atoms with van der Waals surface area (Å²) in [6.45, 7) is 6.01. The highest BCUT2D eigenvalue weighted by atomic mass is 16.4. The molecule has 4 nitrogen and oxygen atoms in total. The molecule has 3 rings (SSSR count). The molecule has 1 N–H and O–H groups in total. The maximum Gasteiger partial charge on any atom is 0.307 e. The number of carboxylic acid groups (broad SMARTS) is 1. The van der Waals surface area contributed by atoms with Crippen LogP contribution in [-0.4, -0.2) is 23.0 Å². The molecule has 0 aromatic heterocycles. The fourth-order valence-corrected chi connectivity index (χ4v) is 3.89. The lowest BCUT2D eigenvalue weighted by atomic mass is 9.75. The van der Waals surface area contributed by atoms with Crippen LogP contribution in [0.25, 0.3) is 0 Å². The molecule has 1 aliphatic heterocycles.